The minimum absolute atomic E-state index is 0.140. The minimum Gasteiger partial charge on any atom is -0.322 e. The van der Waals surface area contributed by atoms with Crippen LogP contribution < -0.4 is 10.9 Å². The highest BCUT2D eigenvalue weighted by Crippen LogP contribution is 2.30. The first-order valence-electron chi connectivity index (χ1n) is 12.5. The summed E-state index contributed by atoms with van der Waals surface area (Å²) in [5.74, 6) is -1.03. The van der Waals surface area contributed by atoms with E-state index in [1.54, 1.807) is 67.9 Å². The molecule has 1 amide bonds. The molecule has 41 heavy (non-hydrogen) atoms. The van der Waals surface area contributed by atoms with E-state index in [0.29, 0.717) is 33.4 Å². The van der Waals surface area contributed by atoms with Crippen LogP contribution in [0.3, 0.4) is 0 Å². The molecule has 5 aromatic rings. The average Bonchev–Trinajstić information content (AvgIpc) is 2.95. The molecule has 9 heteroatoms. The van der Waals surface area contributed by atoms with E-state index in [9.17, 15) is 27.2 Å². The van der Waals surface area contributed by atoms with Gasteiger partial charge in [0, 0.05) is 35.4 Å². The molecule has 3 aromatic carbocycles. The van der Waals surface area contributed by atoms with Crippen molar-refractivity contribution in [3.63, 3.8) is 0 Å². The van der Waals surface area contributed by atoms with E-state index in [0.717, 1.165) is 23.3 Å². The first-order chi connectivity index (χ1) is 19.5. The van der Waals surface area contributed by atoms with E-state index in [-0.39, 0.29) is 16.9 Å². The van der Waals surface area contributed by atoms with E-state index in [1.165, 1.54) is 28.8 Å². The lowest BCUT2D eigenvalue weighted by molar-refractivity contribution is -0.137. The number of carbonyl (C=O) groups is 1. The number of nitrogens with one attached hydrogen (secondary N) is 1. The van der Waals surface area contributed by atoms with Crippen LogP contribution in [0.5, 0.6) is 0 Å². The summed E-state index contributed by atoms with van der Waals surface area (Å²) < 4.78 is 53.9. The fraction of sp³-hybridized carbons (Fsp3) is 0.0938. The SMILES string of the molecule is Cc1ccc(NC(=O)c2cccc(C(F)(F)F)c2)cc1-c1cc2cnc(/C=C/c3ccc(F)cc3)cc2n(C)c1=O. The quantitative estimate of drug-likeness (QED) is 0.228. The van der Waals surface area contributed by atoms with Gasteiger partial charge in [0.25, 0.3) is 11.5 Å². The van der Waals surface area contributed by atoms with Gasteiger partial charge in [0.05, 0.1) is 16.8 Å². The summed E-state index contributed by atoms with van der Waals surface area (Å²) in [7, 11) is 1.65. The van der Waals surface area contributed by atoms with E-state index in [2.05, 4.69) is 10.3 Å². The molecule has 0 aliphatic rings. The predicted molar refractivity (Wildman–Crippen MR) is 152 cm³/mol. The van der Waals surface area contributed by atoms with Crippen LogP contribution >= 0.6 is 0 Å². The molecule has 5 rings (SSSR count). The van der Waals surface area contributed by atoms with Crippen LogP contribution in [0.15, 0.2) is 89.9 Å². The Kier molecular flexibility index (Phi) is 7.28. The second-order valence-corrected chi connectivity index (χ2v) is 9.54. The number of hydrogen-bond donors (Lipinski definition) is 1. The van der Waals surface area contributed by atoms with Crippen LogP contribution in [-0.4, -0.2) is 15.5 Å². The molecule has 0 atom stereocenters. The highest BCUT2D eigenvalue weighted by Gasteiger charge is 2.31. The third-order valence-electron chi connectivity index (χ3n) is 6.68. The van der Waals surface area contributed by atoms with E-state index >= 15 is 0 Å². The summed E-state index contributed by atoms with van der Waals surface area (Å²) in [5, 5.41) is 3.33. The number of halogens is 4. The van der Waals surface area contributed by atoms with Gasteiger partial charge in [-0.3, -0.25) is 14.6 Å². The zero-order valence-corrected chi connectivity index (χ0v) is 22.0. The van der Waals surface area contributed by atoms with Gasteiger partial charge < -0.3 is 9.88 Å². The van der Waals surface area contributed by atoms with Gasteiger partial charge in [0.15, 0.2) is 0 Å². The van der Waals surface area contributed by atoms with Crippen molar-refractivity contribution in [2.75, 3.05) is 5.32 Å². The minimum atomic E-state index is -4.57. The fourth-order valence-electron chi connectivity index (χ4n) is 4.45. The highest BCUT2D eigenvalue weighted by molar-refractivity contribution is 6.04. The number of alkyl halides is 3. The molecule has 5 nitrogen and oxygen atoms in total. The number of aryl methyl sites for hydroxylation is 2. The van der Waals surface area contributed by atoms with Crippen LogP contribution in [-0.2, 0) is 13.2 Å². The Hall–Kier alpha value is -5.05. The standard InChI is InChI=1S/C32H23F4N3O2/c1-19-6-12-26(38-30(40)21-4-3-5-23(14-21)32(34,35)36)16-27(19)28-15-22-18-37-25(17-29(22)39(2)31(28)41)13-9-20-7-10-24(33)11-8-20/h3-18H,1-2H3,(H,38,40)/b13-9+. The second-order valence-electron chi connectivity index (χ2n) is 9.54. The molecule has 2 aromatic heterocycles. The highest BCUT2D eigenvalue weighted by atomic mass is 19.4. The summed E-state index contributed by atoms with van der Waals surface area (Å²) >= 11 is 0. The Bertz CT molecular complexity index is 1870. The van der Waals surface area contributed by atoms with Gasteiger partial charge in [-0.2, -0.15) is 13.2 Å². The largest absolute Gasteiger partial charge is 0.416 e. The van der Waals surface area contributed by atoms with Gasteiger partial charge in [-0.25, -0.2) is 4.39 Å². The smallest absolute Gasteiger partial charge is 0.322 e. The fourth-order valence-corrected chi connectivity index (χ4v) is 4.45. The number of rotatable bonds is 5. The maximum Gasteiger partial charge on any atom is 0.416 e. The number of anilines is 1. The number of nitrogens with zero attached hydrogens (tertiary/aromatic N) is 2. The molecule has 1 N–H and O–H groups in total. The lowest BCUT2D eigenvalue weighted by Gasteiger charge is -2.14. The zero-order chi connectivity index (χ0) is 29.3. The molecule has 0 saturated carbocycles. The number of aromatic nitrogens is 2. The third-order valence-corrected chi connectivity index (χ3v) is 6.68. The Morgan fingerprint density at radius 3 is 2.41 bits per heavy atom. The molecule has 0 saturated heterocycles. The number of fused-ring (bicyclic) bond motifs is 1. The van der Waals surface area contributed by atoms with Crippen molar-refractivity contribution in [1.29, 1.82) is 0 Å². The number of pyridine rings is 2. The van der Waals surface area contributed by atoms with Gasteiger partial charge in [0.1, 0.15) is 5.82 Å². The Labute approximate surface area is 232 Å². The molecule has 0 aliphatic carbocycles. The molecule has 0 fully saturated rings. The Morgan fingerprint density at radius 2 is 1.68 bits per heavy atom. The maximum atomic E-state index is 13.4. The molecule has 0 bridgehead atoms. The summed E-state index contributed by atoms with van der Waals surface area (Å²) in [5.41, 5.74) is 2.77. The predicted octanol–water partition coefficient (Wildman–Crippen LogP) is 7.49. The molecule has 0 radical (unpaired) electrons. The number of amides is 1. The normalized spacial score (nSPS) is 11.8. The van der Waals surface area contributed by atoms with Crippen molar-refractivity contribution in [2.24, 2.45) is 7.05 Å². The van der Waals surface area contributed by atoms with E-state index < -0.39 is 17.6 Å². The van der Waals surface area contributed by atoms with Crippen LogP contribution in [0, 0.1) is 12.7 Å². The van der Waals surface area contributed by atoms with Gasteiger partial charge in [0.2, 0.25) is 0 Å². The van der Waals surface area contributed by atoms with Gasteiger partial charge >= 0.3 is 6.18 Å². The lowest BCUT2D eigenvalue weighted by Crippen LogP contribution is -2.19. The van der Waals surface area contributed by atoms with E-state index in [4.69, 9.17) is 0 Å². The molecule has 0 spiro atoms. The Morgan fingerprint density at radius 1 is 0.927 bits per heavy atom. The van der Waals surface area contributed by atoms with Crippen molar-refractivity contribution < 1.29 is 22.4 Å². The summed E-state index contributed by atoms with van der Waals surface area (Å²) in [4.78, 5) is 30.6. The monoisotopic (exact) mass is 557 g/mol. The third kappa shape index (κ3) is 5.94. The van der Waals surface area contributed by atoms with Gasteiger partial charge in [-0.15, -0.1) is 0 Å². The topological polar surface area (TPSA) is 64.0 Å². The van der Waals surface area contributed by atoms with Crippen molar-refractivity contribution in [3.8, 4) is 11.1 Å². The lowest BCUT2D eigenvalue weighted by atomic mass is 9.99. The van der Waals surface area contributed by atoms with Crippen LogP contribution in [0.25, 0.3) is 34.2 Å². The van der Waals surface area contributed by atoms with Crippen molar-refractivity contribution in [1.82, 2.24) is 9.55 Å². The summed E-state index contributed by atoms with van der Waals surface area (Å²) in [6.45, 7) is 1.82. The first-order valence-corrected chi connectivity index (χ1v) is 12.5. The van der Waals surface area contributed by atoms with Crippen molar-refractivity contribution in [2.45, 2.75) is 13.1 Å². The maximum absolute atomic E-state index is 13.4. The Balaban J connectivity index is 1.46. The molecular formula is C32H23F4N3O2. The van der Waals surface area contributed by atoms with Crippen molar-refractivity contribution >= 4 is 34.6 Å². The summed E-state index contributed by atoms with van der Waals surface area (Å²) in [6, 6.07) is 18.7. The van der Waals surface area contributed by atoms with Crippen LogP contribution in [0.1, 0.15) is 32.7 Å². The van der Waals surface area contributed by atoms with Gasteiger partial charge in [-0.1, -0.05) is 30.3 Å². The van der Waals surface area contributed by atoms with E-state index in [1.807, 2.05) is 6.92 Å². The molecule has 0 aliphatic heterocycles. The molecule has 206 valence electrons. The number of benzene rings is 3. The average molecular weight is 558 g/mol. The first kappa shape index (κ1) is 27.5. The molecule has 0 unspecified atom stereocenters. The summed E-state index contributed by atoms with van der Waals surface area (Å²) in [6.07, 6.45) is 0.642. The van der Waals surface area contributed by atoms with Crippen LogP contribution in [0.4, 0.5) is 23.2 Å². The van der Waals surface area contributed by atoms with Gasteiger partial charge in [-0.05, 0) is 84.3 Å². The zero-order valence-electron chi connectivity index (χ0n) is 22.0. The van der Waals surface area contributed by atoms with Crippen molar-refractivity contribution in [3.05, 3.63) is 129 Å². The molecular weight excluding hydrogens is 534 g/mol. The number of hydrogen-bond acceptors (Lipinski definition) is 3. The van der Waals surface area contributed by atoms with Crippen LogP contribution in [0.2, 0.25) is 0 Å². The molecule has 2 heterocycles. The number of carbonyl (C=O) groups excluding carboxylic acids is 1. The second kappa shape index (κ2) is 10.8.